The SMILES string of the molecule is CC(CC=Cc1ccccc1)C(=O)CP(=O)(c1ccccc1)c1ccccc1. The van der Waals surface area contributed by atoms with Gasteiger partial charge in [0.05, 0.1) is 6.16 Å². The number of ketones is 1. The molecule has 1 atom stereocenters. The van der Waals surface area contributed by atoms with Crippen LogP contribution in [0, 0.1) is 5.92 Å². The molecule has 3 rings (SSSR count). The molecule has 0 heterocycles. The summed E-state index contributed by atoms with van der Waals surface area (Å²) in [6, 6.07) is 28.8. The van der Waals surface area contributed by atoms with E-state index in [2.05, 4.69) is 0 Å². The number of rotatable bonds is 8. The van der Waals surface area contributed by atoms with Gasteiger partial charge in [-0.15, -0.1) is 0 Å². The Hall–Kier alpha value is -2.70. The zero-order chi connectivity index (χ0) is 19.8. The molecule has 2 nitrogen and oxygen atoms in total. The summed E-state index contributed by atoms with van der Waals surface area (Å²) in [4.78, 5) is 12.9. The Morgan fingerprint density at radius 2 is 1.29 bits per heavy atom. The van der Waals surface area contributed by atoms with Crippen molar-refractivity contribution < 1.29 is 9.36 Å². The lowest BCUT2D eigenvalue weighted by atomic mass is 10.0. The van der Waals surface area contributed by atoms with Crippen LogP contribution in [-0.4, -0.2) is 11.9 Å². The van der Waals surface area contributed by atoms with E-state index in [4.69, 9.17) is 0 Å². The van der Waals surface area contributed by atoms with E-state index >= 15 is 0 Å². The number of allylic oxidation sites excluding steroid dienone is 1. The molecule has 0 aromatic heterocycles. The van der Waals surface area contributed by atoms with Crippen LogP contribution < -0.4 is 10.6 Å². The highest BCUT2D eigenvalue weighted by Crippen LogP contribution is 2.43. The summed E-state index contributed by atoms with van der Waals surface area (Å²) in [5.74, 6) is -0.144. The van der Waals surface area contributed by atoms with Crippen molar-refractivity contribution in [1.29, 1.82) is 0 Å². The maximum Gasteiger partial charge on any atom is 0.150 e. The van der Waals surface area contributed by atoms with Crippen LogP contribution in [0.1, 0.15) is 18.9 Å². The third kappa shape index (κ3) is 4.97. The highest BCUT2D eigenvalue weighted by atomic mass is 31.2. The van der Waals surface area contributed by atoms with Gasteiger partial charge in [0.2, 0.25) is 0 Å². The van der Waals surface area contributed by atoms with E-state index in [1.54, 1.807) is 0 Å². The van der Waals surface area contributed by atoms with Crippen LogP contribution in [0.3, 0.4) is 0 Å². The van der Waals surface area contributed by atoms with Crippen molar-refractivity contribution in [2.45, 2.75) is 13.3 Å². The van der Waals surface area contributed by atoms with Gasteiger partial charge in [-0.1, -0.05) is 110 Å². The first-order chi connectivity index (χ1) is 13.6. The lowest BCUT2D eigenvalue weighted by Gasteiger charge is -2.20. The Bertz CT molecular complexity index is 920. The Balaban J connectivity index is 1.76. The van der Waals surface area contributed by atoms with Crippen molar-refractivity contribution in [3.05, 3.63) is 103 Å². The summed E-state index contributed by atoms with van der Waals surface area (Å²) in [5.41, 5.74) is 1.11. The minimum atomic E-state index is -3.00. The molecule has 0 fully saturated rings. The summed E-state index contributed by atoms with van der Waals surface area (Å²) < 4.78 is 14.0. The largest absolute Gasteiger partial charge is 0.313 e. The van der Waals surface area contributed by atoms with Gasteiger partial charge < -0.3 is 4.57 Å². The fraction of sp³-hybridized carbons (Fsp3) is 0.160. The summed E-state index contributed by atoms with van der Waals surface area (Å²) in [6.07, 6.45) is 4.74. The number of hydrogen-bond acceptors (Lipinski definition) is 2. The van der Waals surface area contributed by atoms with E-state index < -0.39 is 7.14 Å². The molecule has 0 N–H and O–H groups in total. The van der Waals surface area contributed by atoms with Gasteiger partial charge in [0, 0.05) is 16.5 Å². The van der Waals surface area contributed by atoms with Gasteiger partial charge in [-0.25, -0.2) is 0 Å². The quantitative estimate of drug-likeness (QED) is 0.490. The second-order valence-corrected chi connectivity index (χ2v) is 9.81. The lowest BCUT2D eigenvalue weighted by molar-refractivity contribution is -0.119. The van der Waals surface area contributed by atoms with Crippen LogP contribution in [0.25, 0.3) is 6.08 Å². The number of benzene rings is 3. The third-order valence-corrected chi connectivity index (χ3v) is 7.90. The van der Waals surface area contributed by atoms with Gasteiger partial charge in [-0.3, -0.25) is 4.79 Å². The molecule has 3 aromatic rings. The summed E-state index contributed by atoms with van der Waals surface area (Å²) in [7, 11) is -3.00. The molecule has 0 aliphatic rings. The molecule has 0 spiro atoms. The Kier molecular flexibility index (Phi) is 6.79. The van der Waals surface area contributed by atoms with E-state index in [0.717, 1.165) is 16.2 Å². The van der Waals surface area contributed by atoms with Gasteiger partial charge >= 0.3 is 0 Å². The predicted molar refractivity (Wildman–Crippen MR) is 119 cm³/mol. The molecule has 0 aliphatic heterocycles. The molecule has 3 heteroatoms. The van der Waals surface area contributed by atoms with Crippen LogP contribution in [-0.2, 0) is 9.36 Å². The normalized spacial score (nSPS) is 12.8. The fourth-order valence-electron chi connectivity index (χ4n) is 3.15. The minimum absolute atomic E-state index is 0.0359. The first-order valence-electron chi connectivity index (χ1n) is 9.54. The number of hydrogen-bond donors (Lipinski definition) is 0. The average molecular weight is 388 g/mol. The van der Waals surface area contributed by atoms with Gasteiger partial charge in [0.1, 0.15) is 12.9 Å². The van der Waals surface area contributed by atoms with Crippen molar-refractivity contribution in [2.75, 3.05) is 6.16 Å². The Morgan fingerprint density at radius 3 is 1.79 bits per heavy atom. The smallest absolute Gasteiger partial charge is 0.150 e. The van der Waals surface area contributed by atoms with E-state index in [1.165, 1.54) is 0 Å². The Morgan fingerprint density at radius 1 is 0.821 bits per heavy atom. The van der Waals surface area contributed by atoms with Crippen molar-refractivity contribution in [3.8, 4) is 0 Å². The molecule has 0 bridgehead atoms. The van der Waals surface area contributed by atoms with E-state index in [-0.39, 0.29) is 17.9 Å². The van der Waals surface area contributed by atoms with Crippen LogP contribution in [0.2, 0.25) is 0 Å². The maximum atomic E-state index is 14.0. The van der Waals surface area contributed by atoms with Crippen molar-refractivity contribution in [3.63, 3.8) is 0 Å². The summed E-state index contributed by atoms with van der Waals surface area (Å²) in [6.45, 7) is 1.91. The topological polar surface area (TPSA) is 34.1 Å². The second-order valence-electron chi connectivity index (χ2n) is 6.99. The zero-order valence-corrected chi connectivity index (χ0v) is 17.0. The van der Waals surface area contributed by atoms with E-state index in [0.29, 0.717) is 6.42 Å². The molecule has 0 aliphatic carbocycles. The molecular weight excluding hydrogens is 363 g/mol. The zero-order valence-electron chi connectivity index (χ0n) is 16.1. The second kappa shape index (κ2) is 9.48. The van der Waals surface area contributed by atoms with E-state index in [9.17, 15) is 9.36 Å². The van der Waals surface area contributed by atoms with Crippen molar-refractivity contribution in [2.24, 2.45) is 5.92 Å². The summed E-state index contributed by atoms with van der Waals surface area (Å²) in [5, 5.41) is 1.48. The summed E-state index contributed by atoms with van der Waals surface area (Å²) >= 11 is 0. The monoisotopic (exact) mass is 388 g/mol. The van der Waals surface area contributed by atoms with Crippen molar-refractivity contribution >= 4 is 29.6 Å². The third-order valence-electron chi connectivity index (χ3n) is 4.87. The van der Waals surface area contributed by atoms with Gasteiger partial charge in [0.25, 0.3) is 0 Å². The first kappa shape index (κ1) is 20.0. The van der Waals surface area contributed by atoms with Crippen molar-refractivity contribution in [1.82, 2.24) is 0 Å². The van der Waals surface area contributed by atoms with Crippen LogP contribution in [0.4, 0.5) is 0 Å². The number of carbonyl (C=O) groups is 1. The minimum Gasteiger partial charge on any atom is -0.313 e. The van der Waals surface area contributed by atoms with Crippen LogP contribution in [0.5, 0.6) is 0 Å². The average Bonchev–Trinajstić information content (AvgIpc) is 2.75. The number of carbonyl (C=O) groups excluding carboxylic acids is 1. The van der Waals surface area contributed by atoms with Gasteiger partial charge in [-0.05, 0) is 12.0 Å². The molecule has 142 valence electrons. The molecule has 0 saturated carbocycles. The number of Topliss-reactive ketones (excluding diaryl/α,β-unsaturated/α-hetero) is 1. The van der Waals surface area contributed by atoms with Gasteiger partial charge in [-0.2, -0.15) is 0 Å². The first-order valence-corrected chi connectivity index (χ1v) is 11.4. The van der Waals surface area contributed by atoms with E-state index in [1.807, 2.05) is 110 Å². The molecule has 0 amide bonds. The molecule has 0 radical (unpaired) electrons. The predicted octanol–water partition coefficient (Wildman–Crippen LogP) is 5.31. The lowest BCUT2D eigenvalue weighted by Crippen LogP contribution is -2.25. The standard InChI is InChI=1S/C25H25O2P/c1-21(12-11-15-22-13-5-2-6-14-22)25(26)20-28(27,23-16-7-3-8-17-23)24-18-9-4-10-19-24/h2-11,13-19,21H,12,20H2,1H3. The molecule has 3 aromatic carbocycles. The van der Waals surface area contributed by atoms with Crippen LogP contribution in [0.15, 0.2) is 97.1 Å². The molecular formula is C25H25O2P. The molecule has 1 unspecified atom stereocenters. The highest BCUT2D eigenvalue weighted by Gasteiger charge is 2.31. The molecule has 28 heavy (non-hydrogen) atoms. The molecule has 0 saturated heterocycles. The fourth-order valence-corrected chi connectivity index (χ4v) is 5.87. The van der Waals surface area contributed by atoms with Gasteiger partial charge in [0.15, 0.2) is 0 Å². The Labute approximate surface area is 167 Å². The highest BCUT2D eigenvalue weighted by molar-refractivity contribution is 7.79. The maximum absolute atomic E-state index is 14.0. The van der Waals surface area contributed by atoms with Crippen LogP contribution >= 0.6 is 7.14 Å².